The second-order valence-electron chi connectivity index (χ2n) is 11.9. The predicted molar refractivity (Wildman–Crippen MR) is 151 cm³/mol. The van der Waals surface area contributed by atoms with Crippen molar-refractivity contribution in [3.63, 3.8) is 0 Å². The predicted octanol–water partition coefficient (Wildman–Crippen LogP) is 10.0. The van der Waals surface area contributed by atoms with Crippen LogP contribution in [0.25, 0.3) is 53.9 Å². The standard InChI is InChI=1S/C34H32/c1-33(2,3)21-15-17-27-29(19-21)23-11-7-9-13-25(23)31-26-14-10-8-12-24(26)30-20-22(34(4,5)6)16-18-28(30)32(27)31/h7-20H,1-6H3. The van der Waals surface area contributed by atoms with E-state index in [1.807, 2.05) is 0 Å². The molecule has 0 saturated heterocycles. The molecule has 34 heavy (non-hydrogen) atoms. The van der Waals surface area contributed by atoms with Gasteiger partial charge in [0.1, 0.15) is 0 Å². The van der Waals surface area contributed by atoms with Gasteiger partial charge in [0, 0.05) is 0 Å². The molecule has 0 saturated carbocycles. The highest BCUT2D eigenvalue weighted by Gasteiger charge is 2.20. The first-order chi connectivity index (χ1) is 16.1. The maximum atomic E-state index is 2.43. The number of hydrogen-bond acceptors (Lipinski definition) is 0. The summed E-state index contributed by atoms with van der Waals surface area (Å²) in [7, 11) is 0. The first-order valence-corrected chi connectivity index (χ1v) is 12.4. The van der Waals surface area contributed by atoms with E-state index in [2.05, 4.69) is 126 Å². The van der Waals surface area contributed by atoms with Gasteiger partial charge in [-0.15, -0.1) is 0 Å². The smallest absolute Gasteiger partial charge is 0.00139 e. The van der Waals surface area contributed by atoms with Gasteiger partial charge in [0.05, 0.1) is 0 Å². The lowest BCUT2D eigenvalue weighted by atomic mass is 9.81. The lowest BCUT2D eigenvalue weighted by molar-refractivity contribution is 0.591. The zero-order valence-electron chi connectivity index (χ0n) is 21.1. The summed E-state index contributed by atoms with van der Waals surface area (Å²) >= 11 is 0. The first kappa shape index (κ1) is 21.2. The van der Waals surface area contributed by atoms with E-state index in [0.29, 0.717) is 0 Å². The van der Waals surface area contributed by atoms with E-state index in [9.17, 15) is 0 Å². The van der Waals surface area contributed by atoms with Gasteiger partial charge in [-0.3, -0.25) is 0 Å². The van der Waals surface area contributed by atoms with E-state index in [1.54, 1.807) is 0 Å². The Labute approximate surface area is 202 Å². The van der Waals surface area contributed by atoms with Crippen molar-refractivity contribution < 1.29 is 0 Å². The maximum absolute atomic E-state index is 2.43. The molecule has 0 spiro atoms. The molecule has 6 rings (SSSR count). The van der Waals surface area contributed by atoms with Crippen molar-refractivity contribution in [2.24, 2.45) is 0 Å². The van der Waals surface area contributed by atoms with Gasteiger partial charge in [0.2, 0.25) is 0 Å². The second kappa shape index (κ2) is 7.06. The van der Waals surface area contributed by atoms with Crippen LogP contribution in [-0.4, -0.2) is 0 Å². The summed E-state index contributed by atoms with van der Waals surface area (Å²) in [4.78, 5) is 0. The van der Waals surface area contributed by atoms with Gasteiger partial charge in [-0.05, 0) is 88.0 Å². The lowest BCUT2D eigenvalue weighted by Crippen LogP contribution is -2.11. The van der Waals surface area contributed by atoms with Crippen LogP contribution in [0.5, 0.6) is 0 Å². The van der Waals surface area contributed by atoms with E-state index < -0.39 is 0 Å². The molecule has 0 aliphatic heterocycles. The van der Waals surface area contributed by atoms with Crippen LogP contribution in [0, 0.1) is 0 Å². The highest BCUT2D eigenvalue weighted by atomic mass is 14.2. The van der Waals surface area contributed by atoms with Crippen molar-refractivity contribution >= 4 is 53.9 Å². The Hall–Kier alpha value is -3.38. The minimum absolute atomic E-state index is 0.108. The number of hydrogen-bond donors (Lipinski definition) is 0. The summed E-state index contributed by atoms with van der Waals surface area (Å²) in [6.45, 7) is 13.8. The van der Waals surface area contributed by atoms with E-state index in [0.717, 1.165) is 0 Å². The average molecular weight is 441 g/mol. The molecule has 6 aromatic rings. The lowest BCUT2D eigenvalue weighted by Gasteiger charge is -2.23. The minimum atomic E-state index is 0.108. The summed E-state index contributed by atoms with van der Waals surface area (Å²) < 4.78 is 0. The molecule has 0 unspecified atom stereocenters. The van der Waals surface area contributed by atoms with Crippen LogP contribution < -0.4 is 0 Å². The van der Waals surface area contributed by atoms with Crippen LogP contribution in [0.15, 0.2) is 84.9 Å². The second-order valence-corrected chi connectivity index (χ2v) is 11.9. The molecular formula is C34H32. The summed E-state index contributed by atoms with van der Waals surface area (Å²) in [5, 5.41) is 13.5. The van der Waals surface area contributed by atoms with Crippen LogP contribution in [-0.2, 0) is 10.8 Å². The molecule has 6 aromatic carbocycles. The zero-order valence-corrected chi connectivity index (χ0v) is 21.1. The largest absolute Gasteiger partial charge is 0.0616 e. The molecule has 0 heterocycles. The molecule has 0 atom stereocenters. The van der Waals surface area contributed by atoms with Gasteiger partial charge in [-0.25, -0.2) is 0 Å². The van der Waals surface area contributed by atoms with Gasteiger partial charge in [-0.2, -0.15) is 0 Å². The van der Waals surface area contributed by atoms with Gasteiger partial charge >= 0.3 is 0 Å². The maximum Gasteiger partial charge on any atom is -0.00139 e. The molecule has 168 valence electrons. The van der Waals surface area contributed by atoms with E-state index in [1.165, 1.54) is 65.0 Å². The molecule has 0 radical (unpaired) electrons. The highest BCUT2D eigenvalue weighted by Crippen LogP contribution is 2.45. The van der Waals surface area contributed by atoms with Crippen molar-refractivity contribution in [2.75, 3.05) is 0 Å². The Kier molecular flexibility index (Phi) is 4.40. The molecule has 0 bridgehead atoms. The van der Waals surface area contributed by atoms with Crippen LogP contribution in [0.2, 0.25) is 0 Å². The summed E-state index contributed by atoms with van der Waals surface area (Å²) in [6.07, 6.45) is 0. The van der Waals surface area contributed by atoms with Crippen molar-refractivity contribution in [2.45, 2.75) is 52.4 Å². The Morgan fingerprint density at radius 1 is 0.353 bits per heavy atom. The molecule has 0 N–H and O–H groups in total. The Morgan fingerprint density at radius 2 is 0.676 bits per heavy atom. The molecule has 0 fully saturated rings. The Balaban J connectivity index is 1.94. The third-order valence-electron chi connectivity index (χ3n) is 7.53. The third kappa shape index (κ3) is 3.05. The van der Waals surface area contributed by atoms with Crippen LogP contribution in [0.4, 0.5) is 0 Å². The fourth-order valence-corrected chi connectivity index (χ4v) is 5.60. The van der Waals surface area contributed by atoms with E-state index in [4.69, 9.17) is 0 Å². The molecular weight excluding hydrogens is 408 g/mol. The normalized spacial score (nSPS) is 13.0. The quantitative estimate of drug-likeness (QED) is 0.206. The topological polar surface area (TPSA) is 0 Å². The van der Waals surface area contributed by atoms with Crippen LogP contribution >= 0.6 is 0 Å². The molecule has 0 aromatic heterocycles. The molecule has 0 heteroatoms. The van der Waals surface area contributed by atoms with Gasteiger partial charge < -0.3 is 0 Å². The molecule has 0 aliphatic rings. The average Bonchev–Trinajstić information content (AvgIpc) is 2.82. The SMILES string of the molecule is CC(C)(C)c1ccc2c(c1)c1ccccc1c1c3ccccc3c3cc(C(C)(C)C)ccc3c21. The highest BCUT2D eigenvalue weighted by molar-refractivity contribution is 6.39. The third-order valence-corrected chi connectivity index (χ3v) is 7.53. The van der Waals surface area contributed by atoms with Crippen LogP contribution in [0.3, 0.4) is 0 Å². The zero-order chi connectivity index (χ0) is 23.8. The Bertz CT molecular complexity index is 1620. The number of benzene rings is 6. The number of rotatable bonds is 0. The van der Waals surface area contributed by atoms with Gasteiger partial charge in [-0.1, -0.05) is 114 Å². The molecule has 0 nitrogen and oxygen atoms in total. The first-order valence-electron chi connectivity index (χ1n) is 12.4. The van der Waals surface area contributed by atoms with Crippen LogP contribution in [0.1, 0.15) is 52.7 Å². The van der Waals surface area contributed by atoms with Crippen molar-refractivity contribution in [1.29, 1.82) is 0 Å². The summed E-state index contributed by atoms with van der Waals surface area (Å²) in [6, 6.07) is 32.2. The van der Waals surface area contributed by atoms with E-state index >= 15 is 0 Å². The fourth-order valence-electron chi connectivity index (χ4n) is 5.60. The van der Waals surface area contributed by atoms with Crippen molar-refractivity contribution in [3.05, 3.63) is 96.1 Å². The number of fused-ring (bicyclic) bond motifs is 11. The summed E-state index contributed by atoms with van der Waals surface area (Å²) in [5.41, 5.74) is 2.98. The molecule has 0 amide bonds. The Morgan fingerprint density at radius 3 is 1.03 bits per heavy atom. The van der Waals surface area contributed by atoms with Gasteiger partial charge in [0.25, 0.3) is 0 Å². The fraction of sp³-hybridized carbons (Fsp3) is 0.235. The van der Waals surface area contributed by atoms with Gasteiger partial charge in [0.15, 0.2) is 0 Å². The summed E-state index contributed by atoms with van der Waals surface area (Å²) in [5.74, 6) is 0. The van der Waals surface area contributed by atoms with E-state index in [-0.39, 0.29) is 10.8 Å². The van der Waals surface area contributed by atoms with Crippen molar-refractivity contribution in [3.8, 4) is 0 Å². The molecule has 0 aliphatic carbocycles. The monoisotopic (exact) mass is 440 g/mol. The van der Waals surface area contributed by atoms with Crippen molar-refractivity contribution in [1.82, 2.24) is 0 Å². The minimum Gasteiger partial charge on any atom is -0.0616 e.